The minimum Gasteiger partial charge on any atom is -0.325 e. The van der Waals surface area contributed by atoms with E-state index in [-0.39, 0.29) is 28.8 Å². The lowest BCUT2D eigenvalue weighted by atomic mass is 9.87. The normalized spacial score (nSPS) is 14.0. The minimum atomic E-state index is -3.72. The van der Waals surface area contributed by atoms with E-state index in [1.807, 2.05) is 11.9 Å². The van der Waals surface area contributed by atoms with Crippen LogP contribution in [0.1, 0.15) is 27.7 Å². The largest absolute Gasteiger partial charge is 0.325 e. The van der Waals surface area contributed by atoms with Crippen molar-refractivity contribution in [1.82, 2.24) is 4.90 Å². The summed E-state index contributed by atoms with van der Waals surface area (Å²) in [5.74, 6) is -0.151. The maximum atomic E-state index is 12.0. The van der Waals surface area contributed by atoms with Gasteiger partial charge in [0.1, 0.15) is 0 Å². The number of hydrogen-bond donors (Lipinski definition) is 2. The van der Waals surface area contributed by atoms with Crippen molar-refractivity contribution in [3.8, 4) is 0 Å². The molecule has 0 saturated heterocycles. The fraction of sp³-hybridized carbons (Fsp3) is 0.533. The van der Waals surface area contributed by atoms with E-state index in [1.54, 1.807) is 0 Å². The summed E-state index contributed by atoms with van der Waals surface area (Å²) in [6, 6.07) is 6.01. The lowest BCUT2D eigenvalue weighted by molar-refractivity contribution is -0.117. The number of anilines is 1. The van der Waals surface area contributed by atoms with Crippen LogP contribution in [0.3, 0.4) is 0 Å². The first-order valence-corrected chi connectivity index (χ1v) is 8.59. The van der Waals surface area contributed by atoms with Gasteiger partial charge in [-0.1, -0.05) is 20.8 Å². The predicted molar refractivity (Wildman–Crippen MR) is 88.0 cm³/mol. The van der Waals surface area contributed by atoms with Crippen LogP contribution in [0.15, 0.2) is 29.2 Å². The molecule has 1 amide bonds. The molecule has 1 aromatic carbocycles. The Kier molecular flexibility index (Phi) is 5.72. The summed E-state index contributed by atoms with van der Waals surface area (Å²) >= 11 is 0. The third-order valence-corrected chi connectivity index (χ3v) is 4.70. The second-order valence-corrected chi connectivity index (χ2v) is 8.14. The molecule has 0 bridgehead atoms. The number of nitrogens with two attached hydrogens (primary N) is 1. The van der Waals surface area contributed by atoms with Crippen molar-refractivity contribution in [3.63, 3.8) is 0 Å². The summed E-state index contributed by atoms with van der Waals surface area (Å²) in [5.41, 5.74) is 0.612. The van der Waals surface area contributed by atoms with Crippen LogP contribution in [0.5, 0.6) is 0 Å². The molecule has 22 heavy (non-hydrogen) atoms. The van der Waals surface area contributed by atoms with Crippen molar-refractivity contribution in [3.05, 3.63) is 24.3 Å². The van der Waals surface area contributed by atoms with Crippen LogP contribution in [0.4, 0.5) is 5.69 Å². The maximum Gasteiger partial charge on any atom is 0.238 e. The highest BCUT2D eigenvalue weighted by atomic mass is 32.2. The van der Waals surface area contributed by atoms with E-state index >= 15 is 0 Å². The molecule has 0 spiro atoms. The number of rotatable bonds is 5. The summed E-state index contributed by atoms with van der Waals surface area (Å²) in [4.78, 5) is 14.0. The van der Waals surface area contributed by atoms with Crippen LogP contribution >= 0.6 is 0 Å². The Morgan fingerprint density at radius 1 is 1.27 bits per heavy atom. The van der Waals surface area contributed by atoms with E-state index in [1.165, 1.54) is 24.3 Å². The molecule has 0 aromatic heterocycles. The Labute approximate surface area is 132 Å². The molecule has 6 nitrogen and oxygen atoms in total. The van der Waals surface area contributed by atoms with Crippen molar-refractivity contribution in [2.75, 3.05) is 18.9 Å². The molecule has 124 valence electrons. The summed E-state index contributed by atoms with van der Waals surface area (Å²) in [5, 5.41) is 7.77. The number of carbonyl (C=O) groups is 1. The lowest BCUT2D eigenvalue weighted by Gasteiger charge is -2.34. The van der Waals surface area contributed by atoms with Crippen LogP contribution in [-0.4, -0.2) is 38.9 Å². The number of benzene rings is 1. The maximum absolute atomic E-state index is 12.0. The average molecular weight is 327 g/mol. The first-order valence-electron chi connectivity index (χ1n) is 7.04. The van der Waals surface area contributed by atoms with Crippen molar-refractivity contribution in [1.29, 1.82) is 0 Å². The van der Waals surface area contributed by atoms with E-state index in [4.69, 9.17) is 5.14 Å². The molecule has 0 fully saturated rings. The summed E-state index contributed by atoms with van der Waals surface area (Å²) in [7, 11) is -1.81. The quantitative estimate of drug-likeness (QED) is 0.860. The molecule has 7 heteroatoms. The Morgan fingerprint density at radius 2 is 1.77 bits per heavy atom. The van der Waals surface area contributed by atoms with E-state index < -0.39 is 10.0 Å². The Bertz CT molecular complexity index is 618. The number of nitrogens with one attached hydrogen (secondary N) is 1. The molecule has 0 heterocycles. The topological polar surface area (TPSA) is 92.5 Å². The second-order valence-electron chi connectivity index (χ2n) is 6.57. The third-order valence-electron chi connectivity index (χ3n) is 3.77. The van der Waals surface area contributed by atoms with Gasteiger partial charge in [-0.15, -0.1) is 0 Å². The van der Waals surface area contributed by atoms with Gasteiger partial charge in [-0.3, -0.25) is 9.69 Å². The van der Waals surface area contributed by atoms with Gasteiger partial charge in [0, 0.05) is 11.7 Å². The minimum absolute atomic E-state index is 0.0176. The number of amides is 1. The number of hydrogen-bond acceptors (Lipinski definition) is 4. The standard InChI is InChI=1S/C15H25N3O3S/c1-11(15(2,3)4)18(5)10-14(19)17-12-6-8-13(9-7-12)22(16,20)21/h6-9,11H,10H2,1-5H3,(H,17,19)(H2,16,20,21). The summed E-state index contributed by atoms with van der Waals surface area (Å²) < 4.78 is 22.3. The molecular formula is C15H25N3O3S. The molecule has 1 aromatic rings. The molecule has 0 aliphatic heterocycles. The number of nitrogens with zero attached hydrogens (tertiary/aromatic N) is 1. The predicted octanol–water partition coefficient (Wildman–Crippen LogP) is 1.64. The van der Waals surface area contributed by atoms with Crippen LogP contribution < -0.4 is 10.5 Å². The molecule has 1 atom stereocenters. The number of primary sulfonamides is 1. The van der Waals surface area contributed by atoms with Crippen molar-refractivity contribution in [2.45, 2.75) is 38.6 Å². The van der Waals surface area contributed by atoms with Crippen LogP contribution in [0, 0.1) is 5.41 Å². The fourth-order valence-electron chi connectivity index (χ4n) is 1.95. The van der Waals surface area contributed by atoms with Gasteiger partial charge in [0.15, 0.2) is 0 Å². The summed E-state index contributed by atoms with van der Waals surface area (Å²) in [6.07, 6.45) is 0. The molecule has 0 aliphatic rings. The SMILES string of the molecule is CC(N(C)CC(=O)Nc1ccc(S(N)(=O)=O)cc1)C(C)(C)C. The molecular weight excluding hydrogens is 302 g/mol. The van der Waals surface area contributed by atoms with Gasteiger partial charge in [-0.2, -0.15) is 0 Å². The third kappa shape index (κ3) is 5.40. The summed E-state index contributed by atoms with van der Waals surface area (Å²) in [6.45, 7) is 8.71. The van der Waals surface area contributed by atoms with Crippen LogP contribution in [0.2, 0.25) is 0 Å². The number of sulfonamides is 1. The highest BCUT2D eigenvalue weighted by molar-refractivity contribution is 7.89. The van der Waals surface area contributed by atoms with Crippen LogP contribution in [-0.2, 0) is 14.8 Å². The molecule has 3 N–H and O–H groups in total. The highest BCUT2D eigenvalue weighted by Gasteiger charge is 2.25. The zero-order valence-corrected chi connectivity index (χ0v) is 14.6. The van der Waals surface area contributed by atoms with Crippen molar-refractivity contribution < 1.29 is 13.2 Å². The van der Waals surface area contributed by atoms with E-state index in [0.29, 0.717) is 5.69 Å². The molecule has 0 aliphatic carbocycles. The average Bonchev–Trinajstić information content (AvgIpc) is 2.36. The van der Waals surface area contributed by atoms with Gasteiger partial charge in [0.05, 0.1) is 11.4 Å². The van der Waals surface area contributed by atoms with Gasteiger partial charge >= 0.3 is 0 Å². The van der Waals surface area contributed by atoms with E-state index in [0.717, 1.165) is 0 Å². The first kappa shape index (κ1) is 18.6. The van der Waals surface area contributed by atoms with Crippen molar-refractivity contribution >= 4 is 21.6 Å². The van der Waals surface area contributed by atoms with Gasteiger partial charge < -0.3 is 5.32 Å². The van der Waals surface area contributed by atoms with Gasteiger partial charge in [0.2, 0.25) is 15.9 Å². The monoisotopic (exact) mass is 327 g/mol. The fourth-order valence-corrected chi connectivity index (χ4v) is 2.47. The van der Waals surface area contributed by atoms with Gasteiger partial charge in [-0.05, 0) is 43.7 Å². The lowest BCUT2D eigenvalue weighted by Crippen LogP contribution is -2.43. The zero-order valence-electron chi connectivity index (χ0n) is 13.8. The number of carbonyl (C=O) groups excluding carboxylic acids is 1. The molecule has 0 radical (unpaired) electrons. The highest BCUT2D eigenvalue weighted by Crippen LogP contribution is 2.22. The van der Waals surface area contributed by atoms with Crippen LogP contribution in [0.25, 0.3) is 0 Å². The molecule has 1 unspecified atom stereocenters. The Balaban J connectivity index is 2.66. The van der Waals surface area contributed by atoms with E-state index in [2.05, 4.69) is 33.0 Å². The van der Waals surface area contributed by atoms with Gasteiger partial charge in [-0.25, -0.2) is 13.6 Å². The number of likely N-dealkylation sites (N-methyl/N-ethyl adjacent to an activating group) is 1. The van der Waals surface area contributed by atoms with Gasteiger partial charge in [0.25, 0.3) is 0 Å². The first-order chi connectivity index (χ1) is 9.91. The molecule has 1 rings (SSSR count). The zero-order chi connectivity index (χ0) is 17.1. The smallest absolute Gasteiger partial charge is 0.238 e. The molecule has 0 saturated carbocycles. The Morgan fingerprint density at radius 3 is 2.18 bits per heavy atom. The second kappa shape index (κ2) is 6.76. The van der Waals surface area contributed by atoms with E-state index in [9.17, 15) is 13.2 Å². The van der Waals surface area contributed by atoms with Crippen molar-refractivity contribution in [2.24, 2.45) is 10.6 Å². The Hall–Kier alpha value is -1.44.